The van der Waals surface area contributed by atoms with Crippen molar-refractivity contribution in [3.05, 3.63) is 0 Å². The van der Waals surface area contributed by atoms with Gasteiger partial charge in [-0.15, -0.1) is 23.4 Å². The van der Waals surface area contributed by atoms with Gasteiger partial charge in [0.2, 0.25) is 0 Å². The van der Waals surface area contributed by atoms with Gasteiger partial charge in [-0.05, 0) is 19.3 Å². The molecule has 2 aliphatic heterocycles. The first-order valence-corrected chi connectivity index (χ1v) is 10.6. The van der Waals surface area contributed by atoms with Gasteiger partial charge < -0.3 is 5.32 Å². The average molecular weight is 447 g/mol. The first-order chi connectivity index (χ1) is 13.2. The van der Waals surface area contributed by atoms with Gasteiger partial charge in [-0.25, -0.2) is 20.2 Å². The molecule has 1 aliphatic carbocycles. The van der Waals surface area contributed by atoms with E-state index in [1.807, 2.05) is 0 Å². The van der Waals surface area contributed by atoms with Crippen LogP contribution in [-0.4, -0.2) is 65.5 Å². The van der Waals surface area contributed by atoms with E-state index in [9.17, 15) is 22.4 Å². The van der Waals surface area contributed by atoms with Crippen molar-refractivity contribution >= 4 is 35.2 Å². The Morgan fingerprint density at radius 1 is 1.18 bits per heavy atom. The number of amides is 1. The second-order valence-electron chi connectivity index (χ2n) is 7.05. The Labute approximate surface area is 169 Å². The van der Waals surface area contributed by atoms with Crippen LogP contribution in [0.5, 0.6) is 0 Å². The van der Waals surface area contributed by atoms with Crippen LogP contribution in [0.2, 0.25) is 0 Å². The number of alkyl halides is 5. The summed E-state index contributed by atoms with van der Waals surface area (Å²) in [7, 11) is 0. The maximum Gasteiger partial charge on any atom is 0.405 e. The van der Waals surface area contributed by atoms with Crippen LogP contribution in [0.25, 0.3) is 0 Å². The Kier molecular flexibility index (Phi) is 7.29. The third kappa shape index (κ3) is 6.09. The highest BCUT2D eigenvalue weighted by molar-refractivity contribution is 8.00. The number of nitrogens with zero attached hydrogens (tertiary/aromatic N) is 1. The summed E-state index contributed by atoms with van der Waals surface area (Å²) in [5.74, 6) is 0.436. The topological polar surface area (TPSA) is 89.6 Å². The van der Waals surface area contributed by atoms with Crippen molar-refractivity contribution in [1.29, 1.82) is 0 Å². The van der Waals surface area contributed by atoms with E-state index in [0.717, 1.165) is 5.75 Å². The zero-order valence-electron chi connectivity index (χ0n) is 14.9. The number of aliphatic imine (C=N–C) groups is 1. The minimum Gasteiger partial charge on any atom is -0.353 e. The summed E-state index contributed by atoms with van der Waals surface area (Å²) in [5, 5.41) is 7.77. The highest BCUT2D eigenvalue weighted by Crippen LogP contribution is 2.27. The van der Waals surface area contributed by atoms with Gasteiger partial charge in [-0.3, -0.25) is 15.4 Å². The van der Waals surface area contributed by atoms with Gasteiger partial charge in [-0.1, -0.05) is 0 Å². The Hall–Kier alpha value is -0.820. The van der Waals surface area contributed by atoms with E-state index in [-0.39, 0.29) is 42.5 Å². The number of guanidine groups is 1. The smallest absolute Gasteiger partial charge is 0.353 e. The maximum atomic E-state index is 13.8. The standard InChI is InChI=1S/C15H23ClF4N6OS/c16-7-3-8(17)5-9(4-7)22-14(24-12(27)13-21-1-2-28-13)23-11-6-10(25-26-11)15(18,19)20/h7-11,13,21,25-26H,1-6H2,(H2,22,23,24,27). The van der Waals surface area contributed by atoms with Crippen LogP contribution in [0.1, 0.15) is 25.7 Å². The van der Waals surface area contributed by atoms with E-state index in [1.165, 1.54) is 11.8 Å². The quantitative estimate of drug-likeness (QED) is 0.192. The van der Waals surface area contributed by atoms with E-state index in [2.05, 4.69) is 31.8 Å². The summed E-state index contributed by atoms with van der Waals surface area (Å²) >= 11 is 7.49. The fourth-order valence-corrected chi connectivity index (χ4v) is 4.70. The van der Waals surface area contributed by atoms with Crippen LogP contribution in [0.3, 0.4) is 0 Å². The molecule has 1 saturated carbocycles. The maximum absolute atomic E-state index is 13.8. The normalized spacial score (nSPS) is 37.1. The second kappa shape index (κ2) is 9.33. The molecule has 160 valence electrons. The molecule has 0 radical (unpaired) electrons. The van der Waals surface area contributed by atoms with E-state index < -0.39 is 29.9 Å². The molecule has 0 aromatic carbocycles. The minimum absolute atomic E-state index is 0.0180. The summed E-state index contributed by atoms with van der Waals surface area (Å²) in [4.78, 5) is 16.6. The number of carbonyl (C=O) groups is 1. The Morgan fingerprint density at radius 2 is 1.96 bits per heavy atom. The number of halogens is 5. The van der Waals surface area contributed by atoms with E-state index in [4.69, 9.17) is 11.6 Å². The van der Waals surface area contributed by atoms with E-state index in [1.54, 1.807) is 0 Å². The summed E-state index contributed by atoms with van der Waals surface area (Å²) < 4.78 is 52.3. The van der Waals surface area contributed by atoms with Crippen molar-refractivity contribution in [2.45, 2.75) is 67.0 Å². The zero-order chi connectivity index (χ0) is 20.3. The molecule has 7 nitrogen and oxygen atoms in total. The lowest BCUT2D eigenvalue weighted by Crippen LogP contribution is -2.52. The first kappa shape index (κ1) is 21.9. The Morgan fingerprint density at radius 3 is 2.57 bits per heavy atom. The molecule has 2 heterocycles. The van der Waals surface area contributed by atoms with Crippen molar-refractivity contribution in [3.8, 4) is 0 Å². The van der Waals surface area contributed by atoms with Gasteiger partial charge in [0.1, 0.15) is 23.8 Å². The molecule has 3 rings (SSSR count). The highest BCUT2D eigenvalue weighted by Gasteiger charge is 2.44. The average Bonchev–Trinajstić information content (AvgIpc) is 3.25. The molecular formula is C15H23ClF4N6OS. The molecule has 6 atom stereocenters. The van der Waals surface area contributed by atoms with Gasteiger partial charge in [-0.2, -0.15) is 13.2 Å². The number of rotatable bonds is 3. The molecule has 2 saturated heterocycles. The molecule has 13 heteroatoms. The zero-order valence-corrected chi connectivity index (χ0v) is 16.4. The lowest BCUT2D eigenvalue weighted by atomic mass is 9.93. The summed E-state index contributed by atoms with van der Waals surface area (Å²) in [6.45, 7) is 0.685. The van der Waals surface area contributed by atoms with Gasteiger partial charge in [0, 0.05) is 30.1 Å². The fraction of sp³-hybridized carbons (Fsp3) is 0.867. The third-order valence-electron chi connectivity index (χ3n) is 4.69. The van der Waals surface area contributed by atoms with Crippen molar-refractivity contribution < 1.29 is 22.4 Å². The van der Waals surface area contributed by atoms with Crippen molar-refractivity contribution in [2.24, 2.45) is 4.99 Å². The largest absolute Gasteiger partial charge is 0.405 e. The fourth-order valence-electron chi connectivity index (χ4n) is 3.37. The summed E-state index contributed by atoms with van der Waals surface area (Å²) in [5.41, 5.74) is 4.63. The van der Waals surface area contributed by atoms with E-state index in [0.29, 0.717) is 13.0 Å². The number of nitrogens with one attached hydrogen (secondary N) is 5. The molecule has 0 bridgehead atoms. The lowest BCUT2D eigenvalue weighted by molar-refractivity contribution is -0.153. The number of hydrazine groups is 1. The van der Waals surface area contributed by atoms with Gasteiger partial charge in [0.25, 0.3) is 5.91 Å². The van der Waals surface area contributed by atoms with Gasteiger partial charge in [0.15, 0.2) is 5.96 Å². The monoisotopic (exact) mass is 446 g/mol. The van der Waals surface area contributed by atoms with Crippen molar-refractivity contribution in [1.82, 2.24) is 26.8 Å². The minimum atomic E-state index is -4.41. The third-order valence-corrected chi connectivity index (χ3v) is 6.20. The molecule has 5 N–H and O–H groups in total. The Bertz CT molecular complexity index is 581. The highest BCUT2D eigenvalue weighted by atomic mass is 35.5. The summed E-state index contributed by atoms with van der Waals surface area (Å²) in [6.07, 6.45) is -5.80. The molecule has 28 heavy (non-hydrogen) atoms. The number of carbonyl (C=O) groups excluding carboxylic acids is 1. The van der Waals surface area contributed by atoms with Crippen LogP contribution in [0.15, 0.2) is 4.99 Å². The van der Waals surface area contributed by atoms with Crippen LogP contribution in [0, 0.1) is 0 Å². The number of hydrogen-bond acceptors (Lipinski definition) is 6. The Balaban J connectivity index is 1.67. The second-order valence-corrected chi connectivity index (χ2v) is 8.88. The number of hydrogen-bond donors (Lipinski definition) is 5. The van der Waals surface area contributed by atoms with Crippen molar-refractivity contribution in [2.75, 3.05) is 12.3 Å². The molecule has 1 amide bonds. The molecule has 0 aromatic heterocycles. The predicted molar refractivity (Wildman–Crippen MR) is 99.7 cm³/mol. The molecule has 6 unspecified atom stereocenters. The van der Waals surface area contributed by atoms with Crippen LogP contribution >= 0.6 is 23.4 Å². The molecular weight excluding hydrogens is 424 g/mol. The lowest BCUT2D eigenvalue weighted by Gasteiger charge is -2.30. The molecule has 3 fully saturated rings. The van der Waals surface area contributed by atoms with Crippen molar-refractivity contribution in [3.63, 3.8) is 0 Å². The predicted octanol–water partition coefficient (Wildman–Crippen LogP) is 0.964. The SMILES string of the molecule is O=C(N/C(=N\C1CC(C(F)(F)F)NN1)NC1CC(F)CC(Cl)C1)C1NCCS1. The van der Waals surface area contributed by atoms with E-state index >= 15 is 0 Å². The van der Waals surface area contributed by atoms with Gasteiger partial charge in [0.05, 0.1) is 0 Å². The molecule has 0 aromatic rings. The van der Waals surface area contributed by atoms with Crippen LogP contribution in [-0.2, 0) is 4.79 Å². The van der Waals surface area contributed by atoms with Crippen LogP contribution in [0.4, 0.5) is 17.6 Å². The molecule has 3 aliphatic rings. The number of thioether (sulfide) groups is 1. The molecule has 0 spiro atoms. The summed E-state index contributed by atoms with van der Waals surface area (Å²) in [6, 6.07) is -2.11. The first-order valence-electron chi connectivity index (χ1n) is 9.07. The van der Waals surface area contributed by atoms with Gasteiger partial charge >= 0.3 is 6.18 Å². The van der Waals surface area contributed by atoms with Crippen LogP contribution < -0.4 is 26.8 Å².